The third kappa shape index (κ3) is 6.11. The van der Waals surface area contributed by atoms with Crippen molar-refractivity contribution in [1.82, 2.24) is 10.2 Å². The molecule has 0 aliphatic carbocycles. The van der Waals surface area contributed by atoms with Gasteiger partial charge in [-0.2, -0.15) is 0 Å². The Balaban J connectivity index is 2.13. The van der Waals surface area contributed by atoms with Gasteiger partial charge in [0, 0.05) is 24.8 Å². The average Bonchev–Trinajstić information content (AvgIpc) is 2.80. The zero-order valence-corrected chi connectivity index (χ0v) is 18.8. The maximum Gasteiger partial charge on any atom is 0.259 e. The van der Waals surface area contributed by atoms with Crippen LogP contribution in [0.5, 0.6) is 17.2 Å². The van der Waals surface area contributed by atoms with E-state index >= 15 is 0 Å². The number of hydrogen-bond acceptors (Lipinski definition) is 6. The summed E-state index contributed by atoms with van der Waals surface area (Å²) < 4.78 is 15.9. The molecule has 0 bridgehead atoms. The molecule has 0 fully saturated rings. The fraction of sp³-hybridized carbons (Fsp3) is 0.391. The Labute approximate surface area is 183 Å². The molecule has 0 radical (unpaired) electrons. The van der Waals surface area contributed by atoms with E-state index in [1.165, 1.54) is 21.3 Å². The SMILES string of the molecule is CCN(CC)CCNC(=O)c1ccc(NC(=O)c2cccc(OC)c2OC)cc1OC. The summed E-state index contributed by atoms with van der Waals surface area (Å²) >= 11 is 0. The maximum atomic E-state index is 12.8. The van der Waals surface area contributed by atoms with Crippen LogP contribution in [0.25, 0.3) is 0 Å². The molecule has 2 rings (SSSR count). The largest absolute Gasteiger partial charge is 0.496 e. The Morgan fingerprint density at radius 1 is 0.871 bits per heavy atom. The zero-order chi connectivity index (χ0) is 22.8. The van der Waals surface area contributed by atoms with E-state index < -0.39 is 0 Å². The Morgan fingerprint density at radius 2 is 1.58 bits per heavy atom. The lowest BCUT2D eigenvalue weighted by Gasteiger charge is -2.18. The van der Waals surface area contributed by atoms with Crippen LogP contribution >= 0.6 is 0 Å². The predicted octanol–water partition coefficient (Wildman–Crippen LogP) is 3.04. The lowest BCUT2D eigenvalue weighted by molar-refractivity contribution is 0.0945. The van der Waals surface area contributed by atoms with Crippen molar-refractivity contribution in [2.75, 3.05) is 52.8 Å². The molecule has 168 valence electrons. The number of carbonyl (C=O) groups is 2. The second kappa shape index (κ2) is 11.8. The lowest BCUT2D eigenvalue weighted by Crippen LogP contribution is -2.34. The number of ether oxygens (including phenoxy) is 3. The molecule has 0 aromatic heterocycles. The number of nitrogens with zero attached hydrogens (tertiary/aromatic N) is 1. The fourth-order valence-electron chi connectivity index (χ4n) is 3.18. The standard InChI is InChI=1S/C23H31N3O5/c1-6-26(7-2)14-13-24-22(27)17-12-11-16(15-20(17)30-4)25-23(28)18-9-8-10-19(29-3)21(18)31-5/h8-12,15H,6-7,13-14H2,1-5H3,(H,24,27)(H,25,28). The summed E-state index contributed by atoms with van der Waals surface area (Å²) in [5.74, 6) is 0.587. The van der Waals surface area contributed by atoms with E-state index in [1.807, 2.05) is 0 Å². The van der Waals surface area contributed by atoms with E-state index in [-0.39, 0.29) is 11.8 Å². The zero-order valence-electron chi connectivity index (χ0n) is 18.8. The summed E-state index contributed by atoms with van der Waals surface area (Å²) in [6.07, 6.45) is 0. The molecule has 2 N–H and O–H groups in total. The van der Waals surface area contributed by atoms with Gasteiger partial charge in [-0.1, -0.05) is 19.9 Å². The maximum absolute atomic E-state index is 12.8. The van der Waals surface area contributed by atoms with Gasteiger partial charge in [0.25, 0.3) is 11.8 Å². The quantitative estimate of drug-likeness (QED) is 0.571. The van der Waals surface area contributed by atoms with Gasteiger partial charge in [0.2, 0.25) is 0 Å². The summed E-state index contributed by atoms with van der Waals surface area (Å²) in [6, 6.07) is 9.97. The molecular formula is C23H31N3O5. The summed E-state index contributed by atoms with van der Waals surface area (Å²) in [5, 5.41) is 5.71. The van der Waals surface area contributed by atoms with Crippen molar-refractivity contribution in [3.8, 4) is 17.2 Å². The molecule has 31 heavy (non-hydrogen) atoms. The van der Waals surface area contributed by atoms with Gasteiger partial charge in [0.1, 0.15) is 5.75 Å². The number of carbonyl (C=O) groups excluding carboxylic acids is 2. The van der Waals surface area contributed by atoms with E-state index in [4.69, 9.17) is 14.2 Å². The Bertz CT molecular complexity index is 897. The van der Waals surface area contributed by atoms with Crippen molar-refractivity contribution < 1.29 is 23.8 Å². The number of methoxy groups -OCH3 is 3. The fourth-order valence-corrected chi connectivity index (χ4v) is 3.18. The smallest absolute Gasteiger partial charge is 0.259 e. The molecule has 8 heteroatoms. The number of anilines is 1. The highest BCUT2D eigenvalue weighted by Crippen LogP contribution is 2.31. The van der Waals surface area contributed by atoms with Crippen molar-refractivity contribution >= 4 is 17.5 Å². The average molecular weight is 430 g/mol. The van der Waals surface area contributed by atoms with Crippen molar-refractivity contribution in [2.45, 2.75) is 13.8 Å². The topological polar surface area (TPSA) is 89.1 Å². The monoisotopic (exact) mass is 429 g/mol. The first-order valence-electron chi connectivity index (χ1n) is 10.2. The van der Waals surface area contributed by atoms with E-state index in [1.54, 1.807) is 36.4 Å². The molecule has 0 spiro atoms. The van der Waals surface area contributed by atoms with Gasteiger partial charge in [-0.25, -0.2) is 0 Å². The minimum atomic E-state index is -0.366. The number of rotatable bonds is 11. The summed E-state index contributed by atoms with van der Waals surface area (Å²) in [6.45, 7) is 7.35. The highest BCUT2D eigenvalue weighted by molar-refractivity contribution is 6.07. The number of amides is 2. The Morgan fingerprint density at radius 3 is 2.19 bits per heavy atom. The summed E-state index contributed by atoms with van der Waals surface area (Å²) in [7, 11) is 4.47. The number of hydrogen-bond donors (Lipinski definition) is 2. The molecule has 2 amide bonds. The number of nitrogens with one attached hydrogen (secondary N) is 2. The van der Waals surface area contributed by atoms with E-state index in [9.17, 15) is 9.59 Å². The first kappa shape index (κ1) is 24.0. The molecule has 0 aliphatic rings. The van der Waals surface area contributed by atoms with Crippen LogP contribution in [-0.4, -0.2) is 64.2 Å². The summed E-state index contributed by atoms with van der Waals surface area (Å²) in [4.78, 5) is 27.6. The van der Waals surface area contributed by atoms with E-state index in [0.717, 1.165) is 19.6 Å². The molecule has 0 atom stereocenters. The molecule has 2 aromatic carbocycles. The van der Waals surface area contributed by atoms with Crippen LogP contribution in [0.15, 0.2) is 36.4 Å². The van der Waals surface area contributed by atoms with Gasteiger partial charge in [-0.3, -0.25) is 9.59 Å². The van der Waals surface area contributed by atoms with Gasteiger partial charge >= 0.3 is 0 Å². The predicted molar refractivity (Wildman–Crippen MR) is 121 cm³/mol. The number of likely N-dealkylation sites (N-methyl/N-ethyl adjacent to an activating group) is 1. The van der Waals surface area contributed by atoms with Crippen LogP contribution in [0, 0.1) is 0 Å². The van der Waals surface area contributed by atoms with Gasteiger partial charge in [-0.05, 0) is 37.4 Å². The third-order valence-corrected chi connectivity index (χ3v) is 4.96. The molecule has 0 unspecified atom stereocenters. The molecule has 2 aromatic rings. The van der Waals surface area contributed by atoms with Gasteiger partial charge < -0.3 is 29.7 Å². The van der Waals surface area contributed by atoms with Gasteiger partial charge in [0.15, 0.2) is 11.5 Å². The van der Waals surface area contributed by atoms with Crippen molar-refractivity contribution in [3.05, 3.63) is 47.5 Å². The van der Waals surface area contributed by atoms with Crippen molar-refractivity contribution in [2.24, 2.45) is 0 Å². The van der Waals surface area contributed by atoms with Crippen LogP contribution in [0.3, 0.4) is 0 Å². The molecule has 0 saturated carbocycles. The minimum Gasteiger partial charge on any atom is -0.496 e. The normalized spacial score (nSPS) is 10.5. The highest BCUT2D eigenvalue weighted by Gasteiger charge is 2.18. The van der Waals surface area contributed by atoms with Crippen molar-refractivity contribution in [3.63, 3.8) is 0 Å². The number of para-hydroxylation sites is 1. The lowest BCUT2D eigenvalue weighted by atomic mass is 10.1. The first-order chi connectivity index (χ1) is 15.0. The second-order valence-corrected chi connectivity index (χ2v) is 6.69. The minimum absolute atomic E-state index is 0.226. The molecule has 0 aliphatic heterocycles. The van der Waals surface area contributed by atoms with Crippen molar-refractivity contribution in [1.29, 1.82) is 0 Å². The molecule has 0 saturated heterocycles. The van der Waals surface area contributed by atoms with Crippen LogP contribution in [0.4, 0.5) is 5.69 Å². The van der Waals surface area contributed by atoms with Crippen LogP contribution in [0.2, 0.25) is 0 Å². The second-order valence-electron chi connectivity index (χ2n) is 6.69. The van der Waals surface area contributed by atoms with Crippen LogP contribution < -0.4 is 24.8 Å². The third-order valence-electron chi connectivity index (χ3n) is 4.96. The van der Waals surface area contributed by atoms with E-state index in [2.05, 4.69) is 29.4 Å². The molecular weight excluding hydrogens is 398 g/mol. The summed E-state index contributed by atoms with van der Waals surface area (Å²) in [5.41, 5.74) is 1.23. The first-order valence-corrected chi connectivity index (χ1v) is 10.2. The molecule has 0 heterocycles. The van der Waals surface area contributed by atoms with Crippen LogP contribution in [0.1, 0.15) is 34.6 Å². The number of benzene rings is 2. The molecule has 8 nitrogen and oxygen atoms in total. The van der Waals surface area contributed by atoms with Crippen LogP contribution in [-0.2, 0) is 0 Å². The van der Waals surface area contributed by atoms with Gasteiger partial charge in [0.05, 0.1) is 32.5 Å². The Hall–Kier alpha value is -3.26. The highest BCUT2D eigenvalue weighted by atomic mass is 16.5. The van der Waals surface area contributed by atoms with Gasteiger partial charge in [-0.15, -0.1) is 0 Å². The van der Waals surface area contributed by atoms with E-state index in [0.29, 0.717) is 40.6 Å². The Kier molecular flexibility index (Phi) is 9.14.